The number of nitrogens with zero attached hydrogens (tertiary/aromatic N) is 2. The average Bonchev–Trinajstić information content (AvgIpc) is 2.74. The van der Waals surface area contributed by atoms with Crippen molar-refractivity contribution in [3.8, 4) is 16.9 Å². The highest BCUT2D eigenvalue weighted by atomic mass is 16.5. The minimum absolute atomic E-state index is 0.531. The molecule has 0 bridgehead atoms. The van der Waals surface area contributed by atoms with Gasteiger partial charge in [0.1, 0.15) is 5.75 Å². The molecule has 0 spiro atoms. The molecule has 0 aliphatic carbocycles. The second-order valence-electron chi connectivity index (χ2n) is 5.09. The van der Waals surface area contributed by atoms with Crippen molar-refractivity contribution in [2.24, 2.45) is 0 Å². The van der Waals surface area contributed by atoms with Gasteiger partial charge in [-0.05, 0) is 36.6 Å². The molecule has 1 aromatic carbocycles. The lowest BCUT2D eigenvalue weighted by Crippen LogP contribution is -2.24. The lowest BCUT2D eigenvalue weighted by molar-refractivity contribution is 0.415. The minimum atomic E-state index is 0.531. The third-order valence-electron chi connectivity index (χ3n) is 3.90. The monoisotopic (exact) mass is 254 g/mol. The third kappa shape index (κ3) is 1.95. The predicted octanol–water partition coefficient (Wildman–Crippen LogP) is 3.14. The van der Waals surface area contributed by atoms with Gasteiger partial charge in [-0.25, -0.2) is 0 Å². The summed E-state index contributed by atoms with van der Waals surface area (Å²) in [7, 11) is 3.85. The molecule has 3 heteroatoms. The number of benzene rings is 1. The molecule has 0 amide bonds. The van der Waals surface area contributed by atoms with Gasteiger partial charge in [-0.3, -0.25) is 4.98 Å². The van der Waals surface area contributed by atoms with Gasteiger partial charge in [0.2, 0.25) is 0 Å². The lowest BCUT2D eigenvalue weighted by Gasteiger charge is -2.21. The fourth-order valence-corrected chi connectivity index (χ4v) is 2.74. The first-order valence-electron chi connectivity index (χ1n) is 6.55. The van der Waals surface area contributed by atoms with Gasteiger partial charge in [0, 0.05) is 31.0 Å². The molecule has 1 unspecified atom stereocenters. The molecule has 2 heterocycles. The molecular formula is C16H18N2O. The maximum Gasteiger partial charge on any atom is 0.119 e. The van der Waals surface area contributed by atoms with Gasteiger partial charge in [0.05, 0.1) is 12.8 Å². The van der Waals surface area contributed by atoms with Crippen LogP contribution in [0.25, 0.3) is 11.1 Å². The van der Waals surface area contributed by atoms with Crippen LogP contribution in [0.5, 0.6) is 5.75 Å². The molecule has 0 saturated heterocycles. The number of rotatable bonds is 2. The van der Waals surface area contributed by atoms with Gasteiger partial charge >= 0.3 is 0 Å². The Morgan fingerprint density at radius 1 is 1.32 bits per heavy atom. The molecule has 0 radical (unpaired) electrons. The third-order valence-corrected chi connectivity index (χ3v) is 3.90. The maximum atomic E-state index is 5.31. The summed E-state index contributed by atoms with van der Waals surface area (Å²) in [5.74, 6) is 0.879. The molecule has 98 valence electrons. The summed E-state index contributed by atoms with van der Waals surface area (Å²) in [6, 6.07) is 8.69. The normalized spacial score (nSPS) is 17.4. The van der Waals surface area contributed by atoms with Crippen molar-refractivity contribution in [2.75, 3.05) is 19.1 Å². The molecule has 19 heavy (non-hydrogen) atoms. The Kier molecular flexibility index (Phi) is 2.90. The molecule has 2 aromatic rings. The van der Waals surface area contributed by atoms with E-state index in [0.717, 1.165) is 17.7 Å². The molecule has 3 rings (SSSR count). The van der Waals surface area contributed by atoms with Crippen molar-refractivity contribution in [1.29, 1.82) is 0 Å². The molecule has 1 atom stereocenters. The standard InChI is InChI=1S/C16H18N2O/c1-11-7-13-9-17-10-15(16(13)18(11)2)12-5-4-6-14(8-12)19-3/h4-6,8-11H,7H2,1-3H3. The summed E-state index contributed by atoms with van der Waals surface area (Å²) in [4.78, 5) is 6.73. The Hall–Kier alpha value is -2.03. The van der Waals surface area contributed by atoms with E-state index in [0.29, 0.717) is 6.04 Å². The number of methoxy groups -OCH3 is 1. The average molecular weight is 254 g/mol. The molecule has 1 aliphatic heterocycles. The van der Waals surface area contributed by atoms with Crippen LogP contribution in [0.2, 0.25) is 0 Å². The predicted molar refractivity (Wildman–Crippen MR) is 77.8 cm³/mol. The topological polar surface area (TPSA) is 25.4 Å². The minimum Gasteiger partial charge on any atom is -0.497 e. The van der Waals surface area contributed by atoms with E-state index in [9.17, 15) is 0 Å². The molecule has 0 N–H and O–H groups in total. The zero-order valence-electron chi connectivity index (χ0n) is 11.6. The van der Waals surface area contributed by atoms with Gasteiger partial charge in [-0.2, -0.15) is 0 Å². The maximum absolute atomic E-state index is 5.31. The van der Waals surface area contributed by atoms with Crippen LogP contribution in [0.3, 0.4) is 0 Å². The SMILES string of the molecule is COc1cccc(-c2cncc3c2N(C)C(C)C3)c1. The Labute approximate surface area is 113 Å². The Morgan fingerprint density at radius 3 is 2.95 bits per heavy atom. The van der Waals surface area contributed by atoms with Crippen LogP contribution in [-0.2, 0) is 6.42 Å². The fraction of sp³-hybridized carbons (Fsp3) is 0.312. The largest absolute Gasteiger partial charge is 0.497 e. The fourth-order valence-electron chi connectivity index (χ4n) is 2.74. The van der Waals surface area contributed by atoms with Crippen molar-refractivity contribution in [3.05, 3.63) is 42.2 Å². The van der Waals surface area contributed by atoms with Crippen LogP contribution in [0.1, 0.15) is 12.5 Å². The van der Waals surface area contributed by atoms with Crippen molar-refractivity contribution < 1.29 is 4.74 Å². The number of ether oxygens (including phenoxy) is 1. The number of pyridine rings is 1. The summed E-state index contributed by atoms with van der Waals surface area (Å²) < 4.78 is 5.31. The van der Waals surface area contributed by atoms with E-state index >= 15 is 0 Å². The van der Waals surface area contributed by atoms with E-state index in [1.54, 1.807) is 7.11 Å². The highest BCUT2D eigenvalue weighted by Gasteiger charge is 2.26. The summed E-state index contributed by atoms with van der Waals surface area (Å²) in [6.45, 7) is 2.25. The first-order chi connectivity index (χ1) is 9.20. The van der Waals surface area contributed by atoms with Gasteiger partial charge in [-0.15, -0.1) is 0 Å². The van der Waals surface area contributed by atoms with Crippen LogP contribution in [-0.4, -0.2) is 25.2 Å². The number of anilines is 1. The second kappa shape index (κ2) is 4.57. The highest BCUT2D eigenvalue weighted by molar-refractivity contribution is 5.82. The van der Waals surface area contributed by atoms with E-state index < -0.39 is 0 Å². The summed E-state index contributed by atoms with van der Waals surface area (Å²) >= 11 is 0. The van der Waals surface area contributed by atoms with Gasteiger partial charge in [0.25, 0.3) is 0 Å². The Morgan fingerprint density at radius 2 is 2.16 bits per heavy atom. The molecule has 1 aromatic heterocycles. The van der Waals surface area contributed by atoms with Crippen molar-refractivity contribution in [1.82, 2.24) is 4.98 Å². The Balaban J connectivity index is 2.14. The van der Waals surface area contributed by atoms with Crippen LogP contribution in [0.15, 0.2) is 36.7 Å². The van der Waals surface area contributed by atoms with Crippen LogP contribution >= 0.6 is 0 Å². The van der Waals surface area contributed by atoms with Crippen molar-refractivity contribution in [2.45, 2.75) is 19.4 Å². The van der Waals surface area contributed by atoms with Crippen LogP contribution in [0.4, 0.5) is 5.69 Å². The lowest BCUT2D eigenvalue weighted by atomic mass is 10.0. The van der Waals surface area contributed by atoms with Gasteiger partial charge < -0.3 is 9.64 Å². The summed E-state index contributed by atoms with van der Waals surface area (Å²) in [5.41, 5.74) is 4.97. The van der Waals surface area contributed by atoms with E-state index in [2.05, 4.69) is 36.0 Å². The number of aromatic nitrogens is 1. The van der Waals surface area contributed by atoms with Crippen LogP contribution in [0, 0.1) is 0 Å². The molecule has 0 fully saturated rings. The van der Waals surface area contributed by atoms with Crippen molar-refractivity contribution >= 4 is 5.69 Å². The molecule has 3 nitrogen and oxygen atoms in total. The zero-order valence-corrected chi connectivity index (χ0v) is 11.6. The van der Waals surface area contributed by atoms with E-state index in [1.165, 1.54) is 16.8 Å². The summed E-state index contributed by atoms with van der Waals surface area (Å²) in [6.07, 6.45) is 5.00. The highest BCUT2D eigenvalue weighted by Crippen LogP contribution is 2.39. The number of fused-ring (bicyclic) bond motifs is 1. The molecular weight excluding hydrogens is 236 g/mol. The number of hydrogen-bond acceptors (Lipinski definition) is 3. The van der Waals surface area contributed by atoms with Gasteiger partial charge in [-0.1, -0.05) is 12.1 Å². The Bertz CT molecular complexity index is 609. The van der Waals surface area contributed by atoms with Crippen LogP contribution < -0.4 is 9.64 Å². The quantitative estimate of drug-likeness (QED) is 0.823. The first kappa shape index (κ1) is 12.0. The number of likely N-dealkylation sites (N-methyl/N-ethyl adjacent to an activating group) is 1. The van der Waals surface area contributed by atoms with E-state index in [4.69, 9.17) is 4.74 Å². The smallest absolute Gasteiger partial charge is 0.119 e. The first-order valence-corrected chi connectivity index (χ1v) is 6.55. The zero-order chi connectivity index (χ0) is 13.4. The number of hydrogen-bond donors (Lipinski definition) is 0. The second-order valence-corrected chi connectivity index (χ2v) is 5.09. The molecule has 1 aliphatic rings. The van der Waals surface area contributed by atoms with Crippen molar-refractivity contribution in [3.63, 3.8) is 0 Å². The summed E-state index contributed by atoms with van der Waals surface area (Å²) in [5, 5.41) is 0. The van der Waals surface area contributed by atoms with Gasteiger partial charge in [0.15, 0.2) is 0 Å². The molecule has 0 saturated carbocycles. The van der Waals surface area contributed by atoms with E-state index in [1.807, 2.05) is 24.5 Å². The van der Waals surface area contributed by atoms with E-state index in [-0.39, 0.29) is 0 Å².